The molecule has 1 aliphatic rings. The van der Waals surface area contributed by atoms with Crippen molar-refractivity contribution < 1.29 is 14.6 Å². The van der Waals surface area contributed by atoms with E-state index in [1.807, 2.05) is 43.0 Å². The smallest absolute Gasteiger partial charge is 0.227 e. The van der Waals surface area contributed by atoms with Crippen LogP contribution in [0.4, 0.5) is 0 Å². The Balaban J connectivity index is 1.87. The molecule has 1 amide bonds. The van der Waals surface area contributed by atoms with Crippen LogP contribution in [0.2, 0.25) is 0 Å². The van der Waals surface area contributed by atoms with Crippen molar-refractivity contribution in [3.05, 3.63) is 41.1 Å². The second-order valence-corrected chi connectivity index (χ2v) is 6.53. The molecular formula is C19H24N2O3. The molecule has 1 aromatic carbocycles. The fourth-order valence-corrected chi connectivity index (χ4v) is 3.36. The van der Waals surface area contributed by atoms with Gasteiger partial charge in [0, 0.05) is 17.6 Å². The van der Waals surface area contributed by atoms with Gasteiger partial charge in [0.15, 0.2) is 0 Å². The van der Waals surface area contributed by atoms with Crippen molar-refractivity contribution in [1.29, 1.82) is 0 Å². The number of aliphatic hydroxyl groups is 1. The molecule has 0 bridgehead atoms. The Morgan fingerprint density at radius 1 is 1.38 bits per heavy atom. The highest BCUT2D eigenvalue weighted by Crippen LogP contribution is 2.24. The molecule has 5 heteroatoms. The number of rotatable bonds is 3. The minimum Gasteiger partial charge on any atom is -0.394 e. The van der Waals surface area contributed by atoms with Crippen LogP contribution in [-0.2, 0) is 16.0 Å². The number of morpholine rings is 1. The lowest BCUT2D eigenvalue weighted by atomic mass is 9.98. The third-order valence-electron chi connectivity index (χ3n) is 4.84. The molecule has 2 aromatic rings. The summed E-state index contributed by atoms with van der Waals surface area (Å²) in [6.45, 7) is 6.83. The SMILES string of the molecule is Cc1nc2ccccc2c(C)c1CC(=O)N1CC(CO)OCC1C. The lowest BCUT2D eigenvalue weighted by Gasteiger charge is -2.37. The summed E-state index contributed by atoms with van der Waals surface area (Å²) in [6.07, 6.45) is 0.0416. The van der Waals surface area contributed by atoms with Crippen molar-refractivity contribution in [1.82, 2.24) is 9.88 Å². The average molecular weight is 328 g/mol. The molecule has 0 aliphatic carbocycles. The highest BCUT2D eigenvalue weighted by Gasteiger charge is 2.29. The maximum absolute atomic E-state index is 12.8. The van der Waals surface area contributed by atoms with Gasteiger partial charge >= 0.3 is 0 Å². The lowest BCUT2D eigenvalue weighted by molar-refractivity contribution is -0.145. The van der Waals surface area contributed by atoms with Gasteiger partial charge in [-0.15, -0.1) is 0 Å². The van der Waals surface area contributed by atoms with Crippen molar-refractivity contribution in [3.63, 3.8) is 0 Å². The third kappa shape index (κ3) is 3.14. The number of fused-ring (bicyclic) bond motifs is 1. The molecule has 1 saturated heterocycles. The van der Waals surface area contributed by atoms with E-state index in [0.717, 1.165) is 27.7 Å². The zero-order chi connectivity index (χ0) is 17.3. The zero-order valence-electron chi connectivity index (χ0n) is 14.5. The van der Waals surface area contributed by atoms with Gasteiger partial charge in [0.05, 0.1) is 37.3 Å². The lowest BCUT2D eigenvalue weighted by Crippen LogP contribution is -2.52. The third-order valence-corrected chi connectivity index (χ3v) is 4.84. The molecule has 24 heavy (non-hydrogen) atoms. The Labute approximate surface area is 142 Å². The number of amides is 1. The van der Waals surface area contributed by atoms with Crippen LogP contribution < -0.4 is 0 Å². The quantitative estimate of drug-likeness (QED) is 0.936. The van der Waals surface area contributed by atoms with E-state index in [-0.39, 0.29) is 24.7 Å². The van der Waals surface area contributed by atoms with Crippen molar-refractivity contribution in [2.24, 2.45) is 0 Å². The van der Waals surface area contributed by atoms with Crippen LogP contribution in [-0.4, -0.2) is 52.8 Å². The monoisotopic (exact) mass is 328 g/mol. The number of aryl methyl sites for hydroxylation is 2. The predicted molar refractivity (Wildman–Crippen MR) is 92.9 cm³/mol. The highest BCUT2D eigenvalue weighted by molar-refractivity contribution is 5.86. The van der Waals surface area contributed by atoms with Gasteiger partial charge in [-0.2, -0.15) is 0 Å². The molecule has 2 unspecified atom stereocenters. The van der Waals surface area contributed by atoms with Crippen molar-refractivity contribution in [2.75, 3.05) is 19.8 Å². The number of carbonyl (C=O) groups excluding carboxylic acids is 1. The van der Waals surface area contributed by atoms with Gasteiger partial charge in [-0.25, -0.2) is 0 Å². The van der Waals surface area contributed by atoms with Gasteiger partial charge in [-0.05, 0) is 38.0 Å². The van der Waals surface area contributed by atoms with Crippen LogP contribution in [0.5, 0.6) is 0 Å². The first-order valence-corrected chi connectivity index (χ1v) is 8.38. The minimum atomic E-state index is -0.290. The largest absolute Gasteiger partial charge is 0.394 e. The maximum atomic E-state index is 12.8. The Kier molecular flexibility index (Phi) is 4.83. The Hall–Kier alpha value is -1.98. The van der Waals surface area contributed by atoms with Gasteiger partial charge in [-0.1, -0.05) is 18.2 Å². The molecule has 0 saturated carbocycles. The molecule has 0 spiro atoms. The van der Waals surface area contributed by atoms with Gasteiger partial charge in [-0.3, -0.25) is 9.78 Å². The number of benzene rings is 1. The van der Waals surface area contributed by atoms with Crippen molar-refractivity contribution in [2.45, 2.75) is 39.3 Å². The fraction of sp³-hybridized carbons (Fsp3) is 0.474. The van der Waals surface area contributed by atoms with E-state index >= 15 is 0 Å². The van der Waals surface area contributed by atoms with Crippen LogP contribution in [0.1, 0.15) is 23.7 Å². The first-order valence-electron chi connectivity index (χ1n) is 8.38. The number of pyridine rings is 1. The minimum absolute atomic E-state index is 0.0225. The first kappa shape index (κ1) is 16.9. The van der Waals surface area contributed by atoms with E-state index in [4.69, 9.17) is 4.74 Å². The second kappa shape index (κ2) is 6.87. The van der Waals surface area contributed by atoms with Crippen LogP contribution in [0, 0.1) is 13.8 Å². The number of aromatic nitrogens is 1. The van der Waals surface area contributed by atoms with Crippen molar-refractivity contribution >= 4 is 16.8 Å². The molecule has 1 aromatic heterocycles. The standard InChI is InChI=1S/C19H24N2O3/c1-12-11-24-15(10-22)9-21(12)19(23)8-17-13(2)16-6-4-5-7-18(16)20-14(17)3/h4-7,12,15,22H,8-11H2,1-3H3. The van der Waals surface area contributed by atoms with E-state index in [9.17, 15) is 9.90 Å². The summed E-state index contributed by atoms with van der Waals surface area (Å²) in [6, 6.07) is 8.03. The van der Waals surface area contributed by atoms with Crippen LogP contribution >= 0.6 is 0 Å². The summed E-state index contributed by atoms with van der Waals surface area (Å²) in [5, 5.41) is 10.4. The van der Waals surface area contributed by atoms with Gasteiger partial charge in [0.25, 0.3) is 0 Å². The highest BCUT2D eigenvalue weighted by atomic mass is 16.5. The van der Waals surface area contributed by atoms with E-state index in [0.29, 0.717) is 19.6 Å². The number of para-hydroxylation sites is 1. The number of hydrogen-bond donors (Lipinski definition) is 1. The Bertz CT molecular complexity index is 760. The second-order valence-electron chi connectivity index (χ2n) is 6.53. The first-order chi connectivity index (χ1) is 11.5. The summed E-state index contributed by atoms with van der Waals surface area (Å²) in [5.74, 6) is 0.0625. The molecule has 1 N–H and O–H groups in total. The van der Waals surface area contributed by atoms with Crippen LogP contribution in [0.3, 0.4) is 0 Å². The number of hydrogen-bond acceptors (Lipinski definition) is 4. The molecule has 128 valence electrons. The Morgan fingerprint density at radius 3 is 2.88 bits per heavy atom. The number of carbonyl (C=O) groups is 1. The average Bonchev–Trinajstić information content (AvgIpc) is 2.59. The molecule has 3 rings (SSSR count). The van der Waals surface area contributed by atoms with E-state index in [2.05, 4.69) is 11.9 Å². The van der Waals surface area contributed by atoms with E-state index < -0.39 is 0 Å². The molecule has 1 aliphatic heterocycles. The number of nitrogens with zero attached hydrogens (tertiary/aromatic N) is 2. The van der Waals surface area contributed by atoms with E-state index in [1.54, 1.807) is 0 Å². The van der Waals surface area contributed by atoms with E-state index in [1.165, 1.54) is 0 Å². The summed E-state index contributed by atoms with van der Waals surface area (Å²) in [5.41, 5.74) is 3.98. The number of ether oxygens (including phenoxy) is 1. The molecular weight excluding hydrogens is 304 g/mol. The molecule has 2 heterocycles. The van der Waals surface area contributed by atoms with Crippen molar-refractivity contribution in [3.8, 4) is 0 Å². The molecule has 2 atom stereocenters. The Morgan fingerprint density at radius 2 is 2.12 bits per heavy atom. The summed E-state index contributed by atoms with van der Waals surface area (Å²) < 4.78 is 5.52. The number of aliphatic hydroxyl groups excluding tert-OH is 1. The predicted octanol–water partition coefficient (Wildman–Crippen LogP) is 2.00. The van der Waals surface area contributed by atoms with Crippen LogP contribution in [0.25, 0.3) is 10.9 Å². The summed E-state index contributed by atoms with van der Waals surface area (Å²) >= 11 is 0. The summed E-state index contributed by atoms with van der Waals surface area (Å²) in [7, 11) is 0. The van der Waals surface area contributed by atoms with Gasteiger partial charge in [0.1, 0.15) is 0 Å². The zero-order valence-corrected chi connectivity index (χ0v) is 14.5. The summed E-state index contributed by atoms with van der Waals surface area (Å²) in [4.78, 5) is 19.3. The molecule has 1 fully saturated rings. The maximum Gasteiger partial charge on any atom is 0.227 e. The molecule has 5 nitrogen and oxygen atoms in total. The molecule has 0 radical (unpaired) electrons. The fourth-order valence-electron chi connectivity index (χ4n) is 3.36. The normalized spacial score (nSPS) is 21.2. The van der Waals surface area contributed by atoms with Gasteiger partial charge < -0.3 is 14.7 Å². The topological polar surface area (TPSA) is 62.7 Å². The van der Waals surface area contributed by atoms with Gasteiger partial charge in [0.2, 0.25) is 5.91 Å². The van der Waals surface area contributed by atoms with Crippen LogP contribution in [0.15, 0.2) is 24.3 Å².